The first-order valence-corrected chi connectivity index (χ1v) is 20.6. The number of aromatic nitrogens is 1. The third-order valence-electron chi connectivity index (χ3n) is 11.8. The fraction of sp³-hybridized carbons (Fsp3) is 0. The predicted octanol–water partition coefficient (Wildman–Crippen LogP) is 16.1. The summed E-state index contributed by atoms with van der Waals surface area (Å²) >= 11 is 0. The quantitative estimate of drug-likeness (QED) is 0.150. The molecule has 11 aromatic rings. The highest BCUT2D eigenvalue weighted by Gasteiger charge is 2.25. The van der Waals surface area contributed by atoms with Gasteiger partial charge in [0.1, 0.15) is 0 Å². The van der Waals surface area contributed by atoms with Crippen LogP contribution in [0, 0.1) is 0 Å². The molecule has 0 aliphatic rings. The molecule has 0 aliphatic heterocycles. The minimum absolute atomic E-state index is 1.11. The SMILES string of the molecule is c1ccc(-c2ccc(-n3c4ccccc4c4c(N(c5ccccc5-c5ccccc5)c5ccccc5-c5ccccc5)cccc43)cc2-c2cccc3ccccc23)cc1. The lowest BCUT2D eigenvalue weighted by Crippen LogP contribution is -2.13. The minimum Gasteiger partial charge on any atom is -0.309 e. The molecule has 10 aromatic carbocycles. The summed E-state index contributed by atoms with van der Waals surface area (Å²) in [5, 5.41) is 4.86. The van der Waals surface area contributed by atoms with Gasteiger partial charge >= 0.3 is 0 Å². The van der Waals surface area contributed by atoms with Crippen LogP contribution >= 0.6 is 0 Å². The van der Waals surface area contributed by atoms with E-state index in [9.17, 15) is 0 Å². The van der Waals surface area contributed by atoms with Crippen LogP contribution in [0.4, 0.5) is 17.1 Å². The lowest BCUT2D eigenvalue weighted by Gasteiger charge is -2.30. The highest BCUT2D eigenvalue weighted by Crippen LogP contribution is 2.49. The highest BCUT2D eigenvalue weighted by molar-refractivity contribution is 6.17. The molecule has 0 radical (unpaired) electrons. The van der Waals surface area contributed by atoms with E-state index >= 15 is 0 Å². The first-order valence-electron chi connectivity index (χ1n) is 20.6. The van der Waals surface area contributed by atoms with Crippen LogP contribution in [0.5, 0.6) is 0 Å². The van der Waals surface area contributed by atoms with Crippen LogP contribution in [0.3, 0.4) is 0 Å². The average molecular weight is 765 g/mol. The normalized spacial score (nSPS) is 11.3. The minimum atomic E-state index is 1.11. The summed E-state index contributed by atoms with van der Waals surface area (Å²) in [6, 6.07) is 87.9. The maximum Gasteiger partial charge on any atom is 0.0562 e. The summed E-state index contributed by atoms with van der Waals surface area (Å²) in [7, 11) is 0. The van der Waals surface area contributed by atoms with E-state index in [0.717, 1.165) is 44.9 Å². The second-order valence-corrected chi connectivity index (χ2v) is 15.2. The van der Waals surface area contributed by atoms with E-state index in [1.54, 1.807) is 0 Å². The van der Waals surface area contributed by atoms with Gasteiger partial charge in [-0.25, -0.2) is 0 Å². The smallest absolute Gasteiger partial charge is 0.0562 e. The summed E-state index contributed by atoms with van der Waals surface area (Å²) in [5.74, 6) is 0. The Balaban J connectivity index is 1.21. The zero-order chi connectivity index (χ0) is 39.8. The summed E-state index contributed by atoms with van der Waals surface area (Å²) in [4.78, 5) is 2.49. The maximum atomic E-state index is 2.49. The molecular formula is C58H40N2. The molecule has 0 aliphatic carbocycles. The van der Waals surface area contributed by atoms with E-state index in [1.807, 2.05) is 0 Å². The summed E-state index contributed by atoms with van der Waals surface area (Å²) < 4.78 is 2.46. The van der Waals surface area contributed by atoms with Crippen molar-refractivity contribution in [2.75, 3.05) is 4.90 Å². The first-order chi connectivity index (χ1) is 29.8. The number of nitrogens with zero attached hydrogens (tertiary/aromatic N) is 2. The van der Waals surface area contributed by atoms with Gasteiger partial charge in [-0.2, -0.15) is 0 Å². The highest BCUT2D eigenvalue weighted by atomic mass is 15.2. The molecule has 11 rings (SSSR count). The van der Waals surface area contributed by atoms with Crippen molar-refractivity contribution < 1.29 is 0 Å². The van der Waals surface area contributed by atoms with E-state index in [2.05, 4.69) is 252 Å². The molecule has 1 heterocycles. The lowest BCUT2D eigenvalue weighted by atomic mass is 9.91. The molecule has 2 heteroatoms. The summed E-state index contributed by atoms with van der Waals surface area (Å²) in [6.07, 6.45) is 0. The van der Waals surface area contributed by atoms with Gasteiger partial charge in [0.15, 0.2) is 0 Å². The third-order valence-corrected chi connectivity index (χ3v) is 11.8. The Hall–Kier alpha value is -7.94. The Bertz CT molecular complexity index is 3220. The Morgan fingerprint density at radius 1 is 0.283 bits per heavy atom. The van der Waals surface area contributed by atoms with Crippen LogP contribution in [0.2, 0.25) is 0 Å². The van der Waals surface area contributed by atoms with Gasteiger partial charge in [0.2, 0.25) is 0 Å². The molecule has 0 saturated heterocycles. The van der Waals surface area contributed by atoms with Gasteiger partial charge in [0.25, 0.3) is 0 Å². The Morgan fingerprint density at radius 3 is 1.42 bits per heavy atom. The van der Waals surface area contributed by atoms with Gasteiger partial charge in [0.05, 0.1) is 28.1 Å². The van der Waals surface area contributed by atoms with Gasteiger partial charge in [-0.15, -0.1) is 0 Å². The van der Waals surface area contributed by atoms with E-state index in [0.29, 0.717) is 0 Å². The van der Waals surface area contributed by atoms with Crippen molar-refractivity contribution in [2.45, 2.75) is 0 Å². The molecule has 0 N–H and O–H groups in total. The lowest BCUT2D eigenvalue weighted by molar-refractivity contribution is 1.18. The van der Waals surface area contributed by atoms with Crippen molar-refractivity contribution in [3.05, 3.63) is 243 Å². The van der Waals surface area contributed by atoms with E-state index in [4.69, 9.17) is 0 Å². The van der Waals surface area contributed by atoms with Crippen LogP contribution in [-0.4, -0.2) is 4.57 Å². The van der Waals surface area contributed by atoms with Gasteiger partial charge in [-0.1, -0.05) is 200 Å². The first kappa shape index (κ1) is 35.2. The van der Waals surface area contributed by atoms with Crippen molar-refractivity contribution in [1.29, 1.82) is 0 Å². The number of fused-ring (bicyclic) bond motifs is 4. The average Bonchev–Trinajstić information content (AvgIpc) is 3.67. The molecule has 0 spiro atoms. The molecule has 2 nitrogen and oxygen atoms in total. The van der Waals surface area contributed by atoms with Crippen LogP contribution < -0.4 is 4.90 Å². The molecule has 0 saturated carbocycles. The molecule has 282 valence electrons. The van der Waals surface area contributed by atoms with Gasteiger partial charge in [-0.05, 0) is 86.6 Å². The monoisotopic (exact) mass is 764 g/mol. The van der Waals surface area contributed by atoms with Crippen LogP contribution in [0.1, 0.15) is 0 Å². The van der Waals surface area contributed by atoms with Gasteiger partial charge in [-0.3, -0.25) is 0 Å². The zero-order valence-electron chi connectivity index (χ0n) is 33.0. The van der Waals surface area contributed by atoms with Crippen molar-refractivity contribution in [2.24, 2.45) is 0 Å². The van der Waals surface area contributed by atoms with Gasteiger partial charge < -0.3 is 9.47 Å². The largest absolute Gasteiger partial charge is 0.309 e. The second kappa shape index (κ2) is 15.1. The van der Waals surface area contributed by atoms with Crippen molar-refractivity contribution in [1.82, 2.24) is 4.57 Å². The number of hydrogen-bond donors (Lipinski definition) is 0. The van der Waals surface area contributed by atoms with Crippen molar-refractivity contribution >= 4 is 49.6 Å². The summed E-state index contributed by atoms with van der Waals surface area (Å²) in [6.45, 7) is 0. The molecule has 0 bridgehead atoms. The number of rotatable bonds is 8. The standard InChI is InChI=1S/C58H40N2/c1-4-20-41(21-5-1)47-39-38-45(40-52(47)50-32-18-27-42-26-10-11-28-46(42)50)59-55-35-17-14-31-51(55)58-56(59)36-19-37-57(58)60(53-33-15-12-29-48(53)43-22-6-2-7-23-43)54-34-16-13-30-49(54)44-24-8-3-9-25-44/h1-40H. The van der Waals surface area contributed by atoms with E-state index in [-0.39, 0.29) is 0 Å². The Morgan fingerprint density at radius 2 is 0.750 bits per heavy atom. The maximum absolute atomic E-state index is 2.49. The fourth-order valence-electron chi connectivity index (χ4n) is 9.14. The zero-order valence-corrected chi connectivity index (χ0v) is 33.0. The molecule has 60 heavy (non-hydrogen) atoms. The predicted molar refractivity (Wildman–Crippen MR) is 255 cm³/mol. The number of hydrogen-bond acceptors (Lipinski definition) is 1. The molecule has 0 fully saturated rings. The van der Waals surface area contributed by atoms with Crippen LogP contribution in [-0.2, 0) is 0 Å². The van der Waals surface area contributed by atoms with Crippen LogP contribution in [0.15, 0.2) is 243 Å². The molecule has 1 aromatic heterocycles. The van der Waals surface area contributed by atoms with E-state index < -0.39 is 0 Å². The molecular weight excluding hydrogens is 725 g/mol. The van der Waals surface area contributed by atoms with Gasteiger partial charge in [0, 0.05) is 27.6 Å². The number of para-hydroxylation sites is 3. The number of benzene rings is 10. The Labute approximate surface area is 350 Å². The number of anilines is 3. The Kier molecular flexibility index (Phi) is 8.87. The third kappa shape index (κ3) is 6.06. The van der Waals surface area contributed by atoms with Crippen molar-refractivity contribution in [3.8, 4) is 50.2 Å². The fourth-order valence-corrected chi connectivity index (χ4v) is 9.14. The topological polar surface area (TPSA) is 8.17 Å². The molecule has 0 unspecified atom stereocenters. The molecule has 0 amide bonds. The molecule has 0 atom stereocenters. The van der Waals surface area contributed by atoms with E-state index in [1.165, 1.54) is 54.9 Å². The summed E-state index contributed by atoms with van der Waals surface area (Å²) in [5.41, 5.74) is 16.2. The van der Waals surface area contributed by atoms with Crippen LogP contribution in [0.25, 0.3) is 82.8 Å². The van der Waals surface area contributed by atoms with Crippen molar-refractivity contribution in [3.63, 3.8) is 0 Å². The second-order valence-electron chi connectivity index (χ2n) is 15.2.